The lowest BCUT2D eigenvalue weighted by molar-refractivity contribution is -0.139. The maximum atomic E-state index is 12.9. The summed E-state index contributed by atoms with van der Waals surface area (Å²) in [6.07, 6.45) is 0.205. The average molecular weight is 539 g/mol. The summed E-state index contributed by atoms with van der Waals surface area (Å²) in [7, 11) is 1.64. The van der Waals surface area contributed by atoms with E-state index < -0.39 is 17.9 Å². The maximum absolute atomic E-state index is 12.9. The summed E-state index contributed by atoms with van der Waals surface area (Å²) in [6.45, 7) is 1.42. The predicted octanol–water partition coefficient (Wildman–Crippen LogP) is 5.06. The van der Waals surface area contributed by atoms with Crippen molar-refractivity contribution >= 4 is 17.6 Å². The van der Waals surface area contributed by atoms with Gasteiger partial charge in [0.1, 0.15) is 11.8 Å². The summed E-state index contributed by atoms with van der Waals surface area (Å²) in [5.74, 6) is 0.737. The molecule has 40 heavy (non-hydrogen) atoms. The molecule has 1 amide bonds. The number of rotatable bonds is 11. The lowest BCUT2D eigenvalue weighted by atomic mass is 10.0. The quantitative estimate of drug-likeness (QED) is 0.276. The zero-order valence-electron chi connectivity index (χ0n) is 22.1. The number of amides is 1. The number of methoxy groups -OCH3 is 1. The fraction of sp³-hybridized carbons (Fsp3) is 0.188. The highest BCUT2D eigenvalue weighted by Gasteiger charge is 2.21. The Bertz CT molecular complexity index is 1460. The van der Waals surface area contributed by atoms with E-state index in [0.29, 0.717) is 18.7 Å². The number of nitrogens with one attached hydrogen (secondary N) is 1. The van der Waals surface area contributed by atoms with Gasteiger partial charge in [-0.05, 0) is 65.2 Å². The van der Waals surface area contributed by atoms with Crippen LogP contribution in [0.5, 0.6) is 17.2 Å². The molecule has 1 aliphatic heterocycles. The summed E-state index contributed by atoms with van der Waals surface area (Å²) in [5, 5.41) is 12.3. The number of carboxylic acids is 1. The lowest BCUT2D eigenvalue weighted by Gasteiger charge is -2.26. The van der Waals surface area contributed by atoms with Crippen molar-refractivity contribution in [2.24, 2.45) is 0 Å². The van der Waals surface area contributed by atoms with E-state index in [9.17, 15) is 14.7 Å². The van der Waals surface area contributed by atoms with Crippen molar-refractivity contribution in [1.82, 2.24) is 5.32 Å². The lowest BCUT2D eigenvalue weighted by Crippen LogP contribution is -2.42. The molecule has 1 aliphatic rings. The minimum absolute atomic E-state index is 0.205. The first-order chi connectivity index (χ1) is 19.5. The van der Waals surface area contributed by atoms with E-state index in [4.69, 9.17) is 14.2 Å². The van der Waals surface area contributed by atoms with Crippen molar-refractivity contribution in [3.63, 3.8) is 0 Å². The number of carbonyl (C=O) groups excluding carboxylic acids is 1. The average Bonchev–Trinajstić information content (AvgIpc) is 3.45. The van der Waals surface area contributed by atoms with Crippen LogP contribution in [0.15, 0.2) is 97.1 Å². The van der Waals surface area contributed by atoms with Gasteiger partial charge < -0.3 is 29.5 Å². The molecule has 4 aromatic carbocycles. The van der Waals surface area contributed by atoms with Crippen molar-refractivity contribution in [2.75, 3.05) is 18.8 Å². The van der Waals surface area contributed by atoms with Crippen LogP contribution in [0.25, 0.3) is 0 Å². The van der Waals surface area contributed by atoms with Crippen LogP contribution in [0, 0.1) is 0 Å². The van der Waals surface area contributed by atoms with E-state index in [1.165, 1.54) is 0 Å². The Labute approximate surface area is 232 Å². The van der Waals surface area contributed by atoms with Gasteiger partial charge in [-0.2, -0.15) is 0 Å². The van der Waals surface area contributed by atoms with Gasteiger partial charge in [0, 0.05) is 30.8 Å². The zero-order chi connectivity index (χ0) is 27.9. The van der Waals surface area contributed by atoms with Crippen LogP contribution >= 0.6 is 0 Å². The smallest absolute Gasteiger partial charge is 0.326 e. The third kappa shape index (κ3) is 6.53. The Hall–Kier alpha value is -4.98. The number of fused-ring (bicyclic) bond motifs is 1. The first kappa shape index (κ1) is 26.6. The number of nitrogens with zero attached hydrogens (tertiary/aromatic N) is 1. The highest BCUT2D eigenvalue weighted by atomic mass is 16.7. The molecule has 0 fully saturated rings. The molecule has 0 saturated heterocycles. The fourth-order valence-electron chi connectivity index (χ4n) is 4.56. The van der Waals surface area contributed by atoms with Crippen LogP contribution in [-0.4, -0.2) is 36.9 Å². The molecule has 0 aromatic heterocycles. The van der Waals surface area contributed by atoms with Gasteiger partial charge in [-0.15, -0.1) is 0 Å². The number of hydrogen-bond donors (Lipinski definition) is 2. The van der Waals surface area contributed by atoms with Crippen LogP contribution in [0.2, 0.25) is 0 Å². The van der Waals surface area contributed by atoms with Crippen molar-refractivity contribution in [2.45, 2.75) is 25.6 Å². The number of ether oxygens (including phenoxy) is 3. The molecule has 0 unspecified atom stereocenters. The summed E-state index contributed by atoms with van der Waals surface area (Å²) < 4.78 is 16.3. The van der Waals surface area contributed by atoms with Crippen LogP contribution in [0.4, 0.5) is 5.69 Å². The third-order valence-corrected chi connectivity index (χ3v) is 6.72. The molecule has 0 radical (unpaired) electrons. The summed E-state index contributed by atoms with van der Waals surface area (Å²) in [6, 6.07) is 29.2. The van der Waals surface area contributed by atoms with Crippen molar-refractivity contribution in [3.05, 3.63) is 119 Å². The first-order valence-corrected chi connectivity index (χ1v) is 12.9. The van der Waals surface area contributed by atoms with Crippen molar-refractivity contribution in [3.8, 4) is 17.2 Å². The van der Waals surface area contributed by atoms with Crippen LogP contribution < -0.4 is 24.4 Å². The zero-order valence-corrected chi connectivity index (χ0v) is 22.1. The van der Waals surface area contributed by atoms with Crippen molar-refractivity contribution in [1.29, 1.82) is 0 Å². The molecule has 5 rings (SSSR count). The van der Waals surface area contributed by atoms with Gasteiger partial charge in [-0.1, -0.05) is 48.5 Å². The number of hydrogen-bond acceptors (Lipinski definition) is 6. The Morgan fingerprint density at radius 2 is 1.52 bits per heavy atom. The number of benzene rings is 4. The van der Waals surface area contributed by atoms with Gasteiger partial charge in [0.2, 0.25) is 6.79 Å². The first-order valence-electron chi connectivity index (χ1n) is 12.9. The normalized spacial score (nSPS) is 12.4. The standard InChI is InChI=1S/C32H30N2O6/c1-38-27-14-12-26(13-15-27)34(20-24-9-16-29-30(18-24)40-21-39-29)19-23-7-10-25(11-8-23)31(35)33-28(32(36)37)17-22-5-3-2-4-6-22/h2-16,18,28H,17,19-21H2,1H3,(H,33,35)(H,36,37)/t28-/m1/s1. The molecule has 4 aromatic rings. The molecule has 0 spiro atoms. The SMILES string of the molecule is COc1ccc(N(Cc2ccc(C(=O)N[C@H](Cc3ccccc3)C(=O)O)cc2)Cc2ccc3c(c2)OCO3)cc1. The highest BCUT2D eigenvalue weighted by Crippen LogP contribution is 2.33. The van der Waals surface area contributed by atoms with Crippen LogP contribution in [0.1, 0.15) is 27.0 Å². The number of carboxylic acid groups (broad SMARTS) is 1. The number of anilines is 1. The Morgan fingerprint density at radius 3 is 2.23 bits per heavy atom. The largest absolute Gasteiger partial charge is 0.497 e. The minimum Gasteiger partial charge on any atom is -0.497 e. The third-order valence-electron chi connectivity index (χ3n) is 6.72. The molecule has 1 heterocycles. The van der Waals surface area contributed by atoms with Gasteiger partial charge in [0.15, 0.2) is 11.5 Å². The Balaban J connectivity index is 1.30. The van der Waals surface area contributed by atoms with E-state index in [-0.39, 0.29) is 13.2 Å². The second-order valence-electron chi connectivity index (χ2n) is 9.49. The molecular formula is C32H30N2O6. The minimum atomic E-state index is -1.08. The van der Waals surface area contributed by atoms with Gasteiger partial charge in [-0.3, -0.25) is 4.79 Å². The molecule has 1 atom stereocenters. The molecule has 2 N–H and O–H groups in total. The molecule has 204 valence electrons. The van der Waals surface area contributed by atoms with E-state index >= 15 is 0 Å². The molecule has 8 heteroatoms. The van der Waals surface area contributed by atoms with Crippen molar-refractivity contribution < 1.29 is 28.9 Å². The van der Waals surface area contributed by atoms with Gasteiger partial charge in [-0.25, -0.2) is 4.79 Å². The summed E-state index contributed by atoms with van der Waals surface area (Å²) >= 11 is 0. The highest BCUT2D eigenvalue weighted by molar-refractivity contribution is 5.96. The number of aliphatic carboxylic acids is 1. The second-order valence-corrected chi connectivity index (χ2v) is 9.49. The van der Waals surface area contributed by atoms with Gasteiger partial charge in [0.05, 0.1) is 7.11 Å². The summed E-state index contributed by atoms with van der Waals surface area (Å²) in [4.78, 5) is 26.9. The van der Waals surface area contributed by atoms with Gasteiger partial charge >= 0.3 is 5.97 Å². The second kappa shape index (κ2) is 12.3. The monoisotopic (exact) mass is 538 g/mol. The van der Waals surface area contributed by atoms with E-state index in [1.807, 2.05) is 84.9 Å². The molecule has 0 bridgehead atoms. The summed E-state index contributed by atoms with van der Waals surface area (Å²) in [5.41, 5.74) is 4.30. The topological polar surface area (TPSA) is 97.3 Å². The molecule has 0 aliphatic carbocycles. The molecule has 0 saturated carbocycles. The maximum Gasteiger partial charge on any atom is 0.326 e. The van der Waals surface area contributed by atoms with Gasteiger partial charge in [0.25, 0.3) is 5.91 Å². The fourth-order valence-corrected chi connectivity index (χ4v) is 4.56. The molecular weight excluding hydrogens is 508 g/mol. The predicted molar refractivity (Wildman–Crippen MR) is 151 cm³/mol. The number of carbonyl (C=O) groups is 2. The van der Waals surface area contributed by atoms with E-state index in [1.54, 1.807) is 19.2 Å². The van der Waals surface area contributed by atoms with Crippen LogP contribution in [-0.2, 0) is 24.3 Å². The van der Waals surface area contributed by atoms with Crippen LogP contribution in [0.3, 0.4) is 0 Å². The van der Waals surface area contributed by atoms with E-state index in [2.05, 4.69) is 10.2 Å². The Morgan fingerprint density at radius 1 is 0.850 bits per heavy atom. The Kier molecular flexibility index (Phi) is 8.15. The molecule has 8 nitrogen and oxygen atoms in total. The van der Waals surface area contributed by atoms with E-state index in [0.717, 1.165) is 39.6 Å².